The summed E-state index contributed by atoms with van der Waals surface area (Å²) in [5, 5.41) is 3.41. The third kappa shape index (κ3) is 6.72. The second kappa shape index (κ2) is 12.4. The minimum absolute atomic E-state index is 0.0102. The number of alkyl halides is 6. The number of pyridine rings is 1. The third-order valence-corrected chi connectivity index (χ3v) is 8.42. The molecule has 1 saturated heterocycles. The molecule has 0 radical (unpaired) electrons. The summed E-state index contributed by atoms with van der Waals surface area (Å²) in [5.74, 6) is 0.373. The number of rotatable bonds is 5. The van der Waals surface area contributed by atoms with Gasteiger partial charge < -0.3 is 20.0 Å². The summed E-state index contributed by atoms with van der Waals surface area (Å²) in [6.07, 6.45) is -7.28. The molecule has 0 spiro atoms. The van der Waals surface area contributed by atoms with Crippen molar-refractivity contribution in [2.75, 3.05) is 54.4 Å². The highest BCUT2D eigenvalue weighted by molar-refractivity contribution is 6.30. The maximum atomic E-state index is 13.7. The normalized spacial score (nSPS) is 15.4. The highest BCUT2D eigenvalue weighted by Crippen LogP contribution is 2.37. The van der Waals surface area contributed by atoms with Crippen molar-refractivity contribution in [3.05, 3.63) is 106 Å². The van der Waals surface area contributed by atoms with Crippen LogP contribution in [0.2, 0.25) is 5.02 Å². The number of nitrogens with zero attached hydrogens (tertiary/aromatic N) is 4. The molecule has 2 aliphatic rings. The fourth-order valence-corrected chi connectivity index (χ4v) is 5.99. The van der Waals surface area contributed by atoms with Crippen molar-refractivity contribution in [1.29, 1.82) is 0 Å². The van der Waals surface area contributed by atoms with Crippen LogP contribution in [0.15, 0.2) is 79.0 Å². The molecule has 1 fully saturated rings. The Kier molecular flexibility index (Phi) is 8.49. The van der Waals surface area contributed by atoms with Crippen molar-refractivity contribution in [3.8, 4) is 11.1 Å². The van der Waals surface area contributed by atoms with Crippen LogP contribution in [0.4, 0.5) is 43.5 Å². The van der Waals surface area contributed by atoms with Crippen LogP contribution in [0.1, 0.15) is 27.0 Å². The Morgan fingerprint density at radius 3 is 2.26 bits per heavy atom. The SMILES string of the molecule is O=C(c1ccc(-c2cnc3c(c2)N(Cc2cc(Cl)ccc2C(F)(F)F)CCN3)cc1)N1CCN(c2cccc(C(F)(F)F)c2)CC1. The molecule has 240 valence electrons. The van der Waals surface area contributed by atoms with Gasteiger partial charge in [-0.2, -0.15) is 26.3 Å². The Hall–Kier alpha value is -4.45. The monoisotopic (exact) mass is 659 g/mol. The molecule has 3 aromatic carbocycles. The molecule has 1 amide bonds. The highest BCUT2D eigenvalue weighted by atomic mass is 35.5. The van der Waals surface area contributed by atoms with Crippen molar-refractivity contribution in [2.45, 2.75) is 18.9 Å². The van der Waals surface area contributed by atoms with E-state index >= 15 is 0 Å². The molecular formula is C33H28ClF6N5O. The van der Waals surface area contributed by atoms with E-state index in [1.165, 1.54) is 18.2 Å². The van der Waals surface area contributed by atoms with Crippen molar-refractivity contribution >= 4 is 34.7 Å². The Morgan fingerprint density at radius 2 is 1.57 bits per heavy atom. The highest BCUT2D eigenvalue weighted by Gasteiger charge is 2.34. The second-order valence-electron chi connectivity index (χ2n) is 11.1. The summed E-state index contributed by atoms with van der Waals surface area (Å²) < 4.78 is 80.6. The van der Waals surface area contributed by atoms with Gasteiger partial charge in [0.05, 0.1) is 16.8 Å². The minimum atomic E-state index is -4.52. The Morgan fingerprint density at radius 1 is 0.826 bits per heavy atom. The van der Waals surface area contributed by atoms with Gasteiger partial charge in [-0.15, -0.1) is 0 Å². The molecule has 3 heterocycles. The Bertz CT molecular complexity index is 1740. The van der Waals surface area contributed by atoms with E-state index in [-0.39, 0.29) is 23.0 Å². The molecule has 0 bridgehead atoms. The largest absolute Gasteiger partial charge is 0.416 e. The van der Waals surface area contributed by atoms with Crippen molar-refractivity contribution < 1.29 is 31.1 Å². The summed E-state index contributed by atoms with van der Waals surface area (Å²) in [6.45, 7) is 2.47. The number of aromatic nitrogens is 1. The smallest absolute Gasteiger partial charge is 0.368 e. The summed E-state index contributed by atoms with van der Waals surface area (Å²) in [5.41, 5.74) is 1.69. The second-order valence-corrected chi connectivity index (χ2v) is 11.6. The average Bonchev–Trinajstić information content (AvgIpc) is 3.04. The summed E-state index contributed by atoms with van der Waals surface area (Å²) in [6, 6.07) is 17.6. The first-order valence-electron chi connectivity index (χ1n) is 14.5. The maximum Gasteiger partial charge on any atom is 0.416 e. The van der Waals surface area contributed by atoms with Gasteiger partial charge in [0.25, 0.3) is 5.91 Å². The van der Waals surface area contributed by atoms with E-state index in [4.69, 9.17) is 11.6 Å². The summed E-state index contributed by atoms with van der Waals surface area (Å²) in [4.78, 5) is 23.1. The molecule has 0 saturated carbocycles. The van der Waals surface area contributed by atoms with Gasteiger partial charge in [0.15, 0.2) is 0 Å². The molecule has 6 nitrogen and oxygen atoms in total. The summed E-state index contributed by atoms with van der Waals surface area (Å²) >= 11 is 6.05. The van der Waals surface area contributed by atoms with Crippen LogP contribution in [0, 0.1) is 0 Å². The van der Waals surface area contributed by atoms with Gasteiger partial charge in [0.1, 0.15) is 5.82 Å². The molecule has 2 aliphatic heterocycles. The van der Waals surface area contributed by atoms with Crippen LogP contribution in [-0.2, 0) is 18.9 Å². The Labute approximate surface area is 266 Å². The van der Waals surface area contributed by atoms with E-state index in [1.807, 2.05) is 15.9 Å². The predicted octanol–water partition coefficient (Wildman–Crippen LogP) is 7.83. The fraction of sp³-hybridized carbons (Fsp3) is 0.273. The maximum absolute atomic E-state index is 13.7. The molecule has 6 rings (SSSR count). The lowest BCUT2D eigenvalue weighted by molar-refractivity contribution is -0.138. The number of hydrogen-bond acceptors (Lipinski definition) is 5. The van der Waals surface area contributed by atoms with Gasteiger partial charge in [-0.3, -0.25) is 4.79 Å². The minimum Gasteiger partial charge on any atom is -0.368 e. The lowest BCUT2D eigenvalue weighted by Crippen LogP contribution is -2.48. The van der Waals surface area contributed by atoms with Crippen molar-refractivity contribution in [3.63, 3.8) is 0 Å². The number of amides is 1. The lowest BCUT2D eigenvalue weighted by Gasteiger charge is -2.36. The first-order chi connectivity index (χ1) is 21.9. The van der Waals surface area contributed by atoms with E-state index in [9.17, 15) is 31.1 Å². The summed E-state index contributed by atoms with van der Waals surface area (Å²) in [7, 11) is 0. The number of piperazine rings is 1. The van der Waals surface area contributed by atoms with E-state index in [1.54, 1.807) is 41.4 Å². The number of benzene rings is 3. The number of fused-ring (bicyclic) bond motifs is 1. The number of halogens is 7. The van der Waals surface area contributed by atoms with E-state index in [0.717, 1.165) is 29.3 Å². The number of carbonyl (C=O) groups excluding carboxylic acids is 1. The van der Waals surface area contributed by atoms with E-state index in [0.29, 0.717) is 62.0 Å². The van der Waals surface area contributed by atoms with Crippen LogP contribution in [-0.4, -0.2) is 55.1 Å². The molecule has 13 heteroatoms. The zero-order valence-electron chi connectivity index (χ0n) is 24.3. The quantitative estimate of drug-likeness (QED) is 0.221. The van der Waals surface area contributed by atoms with Gasteiger partial charge in [0, 0.05) is 73.8 Å². The molecule has 46 heavy (non-hydrogen) atoms. The van der Waals surface area contributed by atoms with Gasteiger partial charge in [-0.1, -0.05) is 29.8 Å². The number of anilines is 3. The molecule has 0 aliphatic carbocycles. The van der Waals surface area contributed by atoms with E-state index in [2.05, 4.69) is 10.3 Å². The number of hydrogen-bond donors (Lipinski definition) is 1. The molecular weight excluding hydrogens is 632 g/mol. The van der Waals surface area contributed by atoms with Crippen molar-refractivity contribution in [1.82, 2.24) is 9.88 Å². The average molecular weight is 660 g/mol. The van der Waals surface area contributed by atoms with Crippen molar-refractivity contribution in [2.24, 2.45) is 0 Å². The predicted molar refractivity (Wildman–Crippen MR) is 165 cm³/mol. The van der Waals surface area contributed by atoms with Crippen LogP contribution < -0.4 is 15.1 Å². The number of nitrogens with one attached hydrogen (secondary N) is 1. The van der Waals surface area contributed by atoms with Gasteiger partial charge in [-0.05, 0) is 65.7 Å². The van der Waals surface area contributed by atoms with Crippen LogP contribution in [0.5, 0.6) is 0 Å². The Balaban J connectivity index is 1.15. The topological polar surface area (TPSA) is 51.7 Å². The lowest BCUT2D eigenvalue weighted by atomic mass is 10.0. The van der Waals surface area contributed by atoms with E-state index < -0.39 is 23.5 Å². The molecule has 0 unspecified atom stereocenters. The molecule has 0 atom stereocenters. The fourth-order valence-electron chi connectivity index (χ4n) is 5.79. The van der Waals surface area contributed by atoms with Gasteiger partial charge in [0.2, 0.25) is 0 Å². The third-order valence-electron chi connectivity index (χ3n) is 8.19. The first kappa shape index (κ1) is 31.5. The molecule has 1 N–H and O–H groups in total. The van der Waals surface area contributed by atoms with Crippen LogP contribution in [0.3, 0.4) is 0 Å². The van der Waals surface area contributed by atoms with Crippen LogP contribution >= 0.6 is 11.6 Å². The van der Waals surface area contributed by atoms with Gasteiger partial charge >= 0.3 is 12.4 Å². The standard InChI is InChI=1S/C33H28ClF6N5O/c34-26-8-9-28(33(38,39)40)24(16-26)20-45-11-10-41-30-29(45)17-23(19-42-30)21-4-6-22(7-5-21)31(46)44-14-12-43(13-15-44)27-3-1-2-25(18-27)32(35,36)37/h1-9,16-19H,10-15,20H2,(H,41,42). The first-order valence-corrected chi connectivity index (χ1v) is 14.9. The molecule has 4 aromatic rings. The zero-order chi connectivity index (χ0) is 32.6. The molecule has 1 aromatic heterocycles. The van der Waals surface area contributed by atoms with Crippen LogP contribution in [0.25, 0.3) is 11.1 Å². The zero-order valence-corrected chi connectivity index (χ0v) is 25.1. The number of carbonyl (C=O) groups is 1. The van der Waals surface area contributed by atoms with Gasteiger partial charge in [-0.25, -0.2) is 4.98 Å².